The van der Waals surface area contributed by atoms with Gasteiger partial charge in [-0.2, -0.15) is 15.0 Å². The van der Waals surface area contributed by atoms with Gasteiger partial charge in [-0.3, -0.25) is 0 Å². The minimum atomic E-state index is -0.305. The fraction of sp³-hybridized carbons (Fsp3) is 0.700. The first kappa shape index (κ1) is 11.8. The Labute approximate surface area is 99.9 Å². The van der Waals surface area contributed by atoms with Crippen LogP contribution < -0.4 is 15.0 Å². The maximum Gasteiger partial charge on any atom is 0.323 e. The van der Waals surface area contributed by atoms with Crippen LogP contribution in [0.3, 0.4) is 0 Å². The average molecular weight is 239 g/mol. The third-order valence-electron chi connectivity index (χ3n) is 2.55. The van der Waals surface area contributed by atoms with Crippen molar-refractivity contribution in [2.24, 2.45) is 0 Å². The van der Waals surface area contributed by atoms with Crippen molar-refractivity contribution in [3.63, 3.8) is 0 Å². The molecule has 0 amide bonds. The van der Waals surface area contributed by atoms with Crippen molar-refractivity contribution in [2.75, 3.05) is 37.0 Å². The highest BCUT2D eigenvalue weighted by atomic mass is 16.5. The summed E-state index contributed by atoms with van der Waals surface area (Å²) in [6, 6.07) is 0.309. The number of aliphatic hydroxyl groups is 1. The van der Waals surface area contributed by atoms with Crippen molar-refractivity contribution < 1.29 is 9.84 Å². The van der Waals surface area contributed by atoms with Crippen LogP contribution in [0.25, 0.3) is 0 Å². The van der Waals surface area contributed by atoms with E-state index >= 15 is 0 Å². The normalized spacial score (nSPS) is 19.5. The molecule has 1 aromatic heterocycles. The summed E-state index contributed by atoms with van der Waals surface area (Å²) < 4.78 is 5.28. The number of hydrogen-bond donors (Lipinski definition) is 2. The van der Waals surface area contributed by atoms with E-state index in [-0.39, 0.29) is 6.10 Å². The highest BCUT2D eigenvalue weighted by molar-refractivity contribution is 5.39. The van der Waals surface area contributed by atoms with E-state index in [4.69, 9.17) is 4.74 Å². The quantitative estimate of drug-likeness (QED) is 0.758. The van der Waals surface area contributed by atoms with E-state index in [1.165, 1.54) is 0 Å². The predicted molar refractivity (Wildman–Crippen MR) is 63.4 cm³/mol. The van der Waals surface area contributed by atoms with E-state index < -0.39 is 0 Å². The summed E-state index contributed by atoms with van der Waals surface area (Å²) in [6.07, 6.45) is 0.435. The van der Waals surface area contributed by atoms with Gasteiger partial charge in [-0.15, -0.1) is 0 Å². The van der Waals surface area contributed by atoms with Gasteiger partial charge in [0.1, 0.15) is 0 Å². The number of rotatable bonds is 4. The molecule has 2 N–H and O–H groups in total. The Kier molecular flexibility index (Phi) is 3.58. The van der Waals surface area contributed by atoms with E-state index in [0.717, 1.165) is 13.0 Å². The molecule has 2 heterocycles. The molecule has 0 spiro atoms. The van der Waals surface area contributed by atoms with Gasteiger partial charge in [0.15, 0.2) is 0 Å². The number of β-amino-alcohol motifs (C(OH)–C–C–N with tert-alkyl or cyclic N) is 1. The Morgan fingerprint density at radius 3 is 2.88 bits per heavy atom. The maximum atomic E-state index is 9.50. The molecule has 7 nitrogen and oxygen atoms in total. The number of anilines is 2. The van der Waals surface area contributed by atoms with Gasteiger partial charge in [-0.05, 0) is 13.3 Å². The molecule has 0 bridgehead atoms. The minimum Gasteiger partial charge on any atom is -0.464 e. The third-order valence-corrected chi connectivity index (χ3v) is 2.55. The second-order valence-electron chi connectivity index (χ2n) is 3.81. The molecule has 0 aromatic carbocycles. The van der Waals surface area contributed by atoms with E-state index in [9.17, 15) is 5.11 Å². The second-order valence-corrected chi connectivity index (χ2v) is 3.81. The van der Waals surface area contributed by atoms with Gasteiger partial charge in [0.2, 0.25) is 11.9 Å². The van der Waals surface area contributed by atoms with Crippen LogP contribution in [0.15, 0.2) is 0 Å². The van der Waals surface area contributed by atoms with Gasteiger partial charge >= 0.3 is 6.01 Å². The molecule has 0 radical (unpaired) electrons. The number of nitrogens with one attached hydrogen (secondary N) is 1. The molecule has 1 fully saturated rings. The van der Waals surface area contributed by atoms with E-state index in [0.29, 0.717) is 31.1 Å². The summed E-state index contributed by atoms with van der Waals surface area (Å²) in [5, 5.41) is 12.4. The lowest BCUT2D eigenvalue weighted by Crippen LogP contribution is -2.24. The van der Waals surface area contributed by atoms with Gasteiger partial charge in [0.25, 0.3) is 0 Å². The molecule has 7 heteroatoms. The predicted octanol–water partition coefficient (Wildman–Crippen LogP) is -0.117. The number of ether oxygens (including phenoxy) is 1. The molecule has 17 heavy (non-hydrogen) atoms. The van der Waals surface area contributed by atoms with Crippen molar-refractivity contribution in [3.05, 3.63) is 0 Å². The number of aliphatic hydroxyl groups excluding tert-OH is 1. The molecule has 1 aliphatic rings. The molecule has 1 unspecified atom stereocenters. The standard InChI is InChI=1S/C10H17N5O2/c1-3-17-10-13-8(11-2)12-9(14-10)15-5-4-7(16)6-15/h7,16H,3-6H2,1-2H3,(H,11,12,13,14). The lowest BCUT2D eigenvalue weighted by atomic mass is 10.3. The van der Waals surface area contributed by atoms with Gasteiger partial charge in [0, 0.05) is 20.1 Å². The Hall–Kier alpha value is -1.63. The van der Waals surface area contributed by atoms with Crippen LogP contribution in [-0.4, -0.2) is 52.9 Å². The van der Waals surface area contributed by atoms with Crippen LogP contribution in [0.5, 0.6) is 6.01 Å². The summed E-state index contributed by atoms with van der Waals surface area (Å²) in [5.41, 5.74) is 0. The monoisotopic (exact) mass is 239 g/mol. The zero-order valence-electron chi connectivity index (χ0n) is 10.1. The van der Waals surface area contributed by atoms with Crippen LogP contribution in [0.2, 0.25) is 0 Å². The molecule has 2 rings (SSSR count). The van der Waals surface area contributed by atoms with Crippen LogP contribution in [0, 0.1) is 0 Å². The van der Waals surface area contributed by atoms with Crippen molar-refractivity contribution in [3.8, 4) is 6.01 Å². The summed E-state index contributed by atoms with van der Waals surface area (Å²) in [4.78, 5) is 14.5. The van der Waals surface area contributed by atoms with Crippen LogP contribution in [0.1, 0.15) is 13.3 Å². The first-order chi connectivity index (χ1) is 8.22. The third kappa shape index (κ3) is 2.73. The summed E-state index contributed by atoms with van der Waals surface area (Å²) in [6.45, 7) is 3.69. The molecule has 1 aliphatic heterocycles. The Morgan fingerprint density at radius 2 is 2.29 bits per heavy atom. The van der Waals surface area contributed by atoms with Crippen molar-refractivity contribution in [1.82, 2.24) is 15.0 Å². The smallest absolute Gasteiger partial charge is 0.323 e. The highest BCUT2D eigenvalue weighted by Crippen LogP contribution is 2.19. The first-order valence-electron chi connectivity index (χ1n) is 5.72. The number of aromatic nitrogens is 3. The Morgan fingerprint density at radius 1 is 1.47 bits per heavy atom. The summed E-state index contributed by atoms with van der Waals surface area (Å²) >= 11 is 0. The van der Waals surface area contributed by atoms with Crippen molar-refractivity contribution >= 4 is 11.9 Å². The minimum absolute atomic E-state index is 0.305. The average Bonchev–Trinajstić information content (AvgIpc) is 2.76. The van der Waals surface area contributed by atoms with Crippen LogP contribution in [-0.2, 0) is 0 Å². The van der Waals surface area contributed by atoms with E-state index in [2.05, 4.69) is 20.3 Å². The maximum absolute atomic E-state index is 9.50. The van der Waals surface area contributed by atoms with Crippen LogP contribution in [0.4, 0.5) is 11.9 Å². The molecule has 0 aliphatic carbocycles. The van der Waals surface area contributed by atoms with E-state index in [1.807, 2.05) is 11.8 Å². The lowest BCUT2D eigenvalue weighted by molar-refractivity contribution is 0.198. The van der Waals surface area contributed by atoms with Crippen molar-refractivity contribution in [2.45, 2.75) is 19.4 Å². The fourth-order valence-electron chi connectivity index (χ4n) is 1.72. The van der Waals surface area contributed by atoms with Crippen LogP contribution >= 0.6 is 0 Å². The zero-order valence-corrected chi connectivity index (χ0v) is 10.1. The highest BCUT2D eigenvalue weighted by Gasteiger charge is 2.23. The molecule has 1 atom stereocenters. The van der Waals surface area contributed by atoms with Gasteiger partial charge in [0.05, 0.1) is 12.7 Å². The van der Waals surface area contributed by atoms with E-state index in [1.54, 1.807) is 7.05 Å². The number of nitrogens with zero attached hydrogens (tertiary/aromatic N) is 4. The molecule has 94 valence electrons. The fourth-order valence-corrected chi connectivity index (χ4v) is 1.72. The molecular weight excluding hydrogens is 222 g/mol. The van der Waals surface area contributed by atoms with Crippen molar-refractivity contribution in [1.29, 1.82) is 0 Å². The molecule has 1 aromatic rings. The zero-order chi connectivity index (χ0) is 12.3. The van der Waals surface area contributed by atoms with Gasteiger partial charge in [-0.1, -0.05) is 0 Å². The first-order valence-corrected chi connectivity index (χ1v) is 5.72. The molecule has 0 saturated carbocycles. The lowest BCUT2D eigenvalue weighted by Gasteiger charge is -2.16. The largest absolute Gasteiger partial charge is 0.464 e. The second kappa shape index (κ2) is 5.13. The van der Waals surface area contributed by atoms with Gasteiger partial charge in [-0.25, -0.2) is 0 Å². The SMILES string of the molecule is CCOc1nc(NC)nc(N2CCC(O)C2)n1. The number of hydrogen-bond acceptors (Lipinski definition) is 7. The molecule has 1 saturated heterocycles. The molecular formula is C10H17N5O2. The topological polar surface area (TPSA) is 83.4 Å². The Bertz CT molecular complexity index is 387. The summed E-state index contributed by atoms with van der Waals surface area (Å²) in [5.74, 6) is 1.02. The summed E-state index contributed by atoms with van der Waals surface area (Å²) in [7, 11) is 1.74. The van der Waals surface area contributed by atoms with Gasteiger partial charge < -0.3 is 20.1 Å². The Balaban J connectivity index is 2.23.